The SMILES string of the molecule is O=C(O)C1(CC2CCC3(CCCCC3)O2)CCOC1. The van der Waals surface area contributed by atoms with Crippen LogP contribution in [-0.2, 0) is 14.3 Å². The topological polar surface area (TPSA) is 55.8 Å². The van der Waals surface area contributed by atoms with Crippen molar-refractivity contribution in [3.05, 3.63) is 0 Å². The van der Waals surface area contributed by atoms with Crippen LogP contribution >= 0.6 is 0 Å². The quantitative estimate of drug-likeness (QED) is 0.855. The molecule has 1 spiro atoms. The summed E-state index contributed by atoms with van der Waals surface area (Å²) in [5.41, 5.74) is -0.604. The number of hydrogen-bond donors (Lipinski definition) is 1. The average Bonchev–Trinajstić information content (AvgIpc) is 3.00. The summed E-state index contributed by atoms with van der Waals surface area (Å²) in [6.07, 6.45) is 9.71. The van der Waals surface area contributed by atoms with Crippen molar-refractivity contribution in [3.63, 3.8) is 0 Å². The summed E-state index contributed by atoms with van der Waals surface area (Å²) < 4.78 is 11.6. The third kappa shape index (κ3) is 2.52. The average molecular weight is 268 g/mol. The molecule has 0 bridgehead atoms. The van der Waals surface area contributed by atoms with Crippen molar-refractivity contribution in [2.75, 3.05) is 13.2 Å². The van der Waals surface area contributed by atoms with Gasteiger partial charge in [0.1, 0.15) is 0 Å². The van der Waals surface area contributed by atoms with E-state index >= 15 is 0 Å². The van der Waals surface area contributed by atoms with Gasteiger partial charge in [-0.25, -0.2) is 0 Å². The maximum absolute atomic E-state index is 11.5. The molecule has 1 N–H and O–H groups in total. The van der Waals surface area contributed by atoms with Crippen LogP contribution in [0.3, 0.4) is 0 Å². The van der Waals surface area contributed by atoms with Crippen LogP contribution in [0.5, 0.6) is 0 Å². The molecule has 2 heterocycles. The van der Waals surface area contributed by atoms with Crippen LogP contribution in [0.1, 0.15) is 57.8 Å². The minimum absolute atomic E-state index is 0.0854. The lowest BCUT2D eigenvalue weighted by Crippen LogP contribution is -2.37. The zero-order valence-electron chi connectivity index (χ0n) is 11.5. The van der Waals surface area contributed by atoms with Crippen molar-refractivity contribution >= 4 is 5.97 Å². The fourth-order valence-corrected chi connectivity index (χ4v) is 4.06. The van der Waals surface area contributed by atoms with Gasteiger partial charge in [-0.2, -0.15) is 0 Å². The zero-order valence-corrected chi connectivity index (χ0v) is 11.5. The number of aliphatic carboxylic acids is 1. The third-order valence-electron chi connectivity index (χ3n) is 5.28. The van der Waals surface area contributed by atoms with Gasteiger partial charge in [-0.1, -0.05) is 19.3 Å². The fraction of sp³-hybridized carbons (Fsp3) is 0.933. The van der Waals surface area contributed by atoms with Gasteiger partial charge >= 0.3 is 5.97 Å². The van der Waals surface area contributed by atoms with Crippen LogP contribution < -0.4 is 0 Å². The molecule has 19 heavy (non-hydrogen) atoms. The fourth-order valence-electron chi connectivity index (χ4n) is 4.06. The Balaban J connectivity index is 1.63. The molecule has 108 valence electrons. The minimum Gasteiger partial charge on any atom is -0.481 e. The Bertz CT molecular complexity index is 340. The van der Waals surface area contributed by atoms with E-state index in [1.54, 1.807) is 0 Å². The second-order valence-electron chi connectivity index (χ2n) is 6.61. The Hall–Kier alpha value is -0.610. The molecule has 4 nitrogen and oxygen atoms in total. The first kappa shape index (κ1) is 13.4. The molecule has 0 amide bonds. The van der Waals surface area contributed by atoms with E-state index in [9.17, 15) is 9.90 Å². The molecule has 2 atom stereocenters. The number of rotatable bonds is 3. The van der Waals surface area contributed by atoms with Gasteiger partial charge in [-0.05, 0) is 38.5 Å². The molecule has 2 aliphatic heterocycles. The summed E-state index contributed by atoms with van der Waals surface area (Å²) >= 11 is 0. The maximum atomic E-state index is 11.5. The lowest BCUT2D eigenvalue weighted by molar-refractivity contribution is -0.153. The smallest absolute Gasteiger partial charge is 0.312 e. The summed E-state index contributed by atoms with van der Waals surface area (Å²) in [5, 5.41) is 9.49. The van der Waals surface area contributed by atoms with Crippen LogP contribution in [-0.4, -0.2) is 36.0 Å². The summed E-state index contributed by atoms with van der Waals surface area (Å²) in [7, 11) is 0. The largest absolute Gasteiger partial charge is 0.481 e. The predicted molar refractivity (Wildman–Crippen MR) is 70.0 cm³/mol. The number of carbonyl (C=O) groups is 1. The van der Waals surface area contributed by atoms with Crippen molar-refractivity contribution in [2.45, 2.75) is 69.5 Å². The molecule has 3 rings (SSSR count). The molecule has 0 aromatic rings. The molecule has 1 saturated carbocycles. The molecular weight excluding hydrogens is 244 g/mol. The third-order valence-corrected chi connectivity index (χ3v) is 5.28. The Morgan fingerprint density at radius 2 is 1.95 bits per heavy atom. The summed E-state index contributed by atoms with van der Waals surface area (Å²) in [4.78, 5) is 11.5. The van der Waals surface area contributed by atoms with Gasteiger partial charge in [-0.3, -0.25) is 4.79 Å². The first-order chi connectivity index (χ1) is 9.14. The van der Waals surface area contributed by atoms with Gasteiger partial charge in [0.2, 0.25) is 0 Å². The Morgan fingerprint density at radius 3 is 2.58 bits per heavy atom. The van der Waals surface area contributed by atoms with Crippen molar-refractivity contribution in [1.29, 1.82) is 0 Å². The highest BCUT2D eigenvalue weighted by Crippen LogP contribution is 2.46. The Kier molecular flexibility index (Phi) is 3.56. The summed E-state index contributed by atoms with van der Waals surface area (Å²) in [6.45, 7) is 0.930. The van der Waals surface area contributed by atoms with Crippen LogP contribution in [0.15, 0.2) is 0 Å². The van der Waals surface area contributed by atoms with Crippen LogP contribution in [0, 0.1) is 5.41 Å². The predicted octanol–water partition coefficient (Wildman–Crippen LogP) is 2.75. The van der Waals surface area contributed by atoms with E-state index in [0.717, 1.165) is 12.8 Å². The number of carboxylic acids is 1. The van der Waals surface area contributed by atoms with Crippen LogP contribution in [0.4, 0.5) is 0 Å². The first-order valence-corrected chi connectivity index (χ1v) is 7.63. The van der Waals surface area contributed by atoms with Crippen molar-refractivity contribution in [1.82, 2.24) is 0 Å². The van der Waals surface area contributed by atoms with Gasteiger partial charge < -0.3 is 14.6 Å². The van der Waals surface area contributed by atoms with Gasteiger partial charge in [0.15, 0.2) is 0 Å². The zero-order chi connectivity index (χ0) is 13.3. The van der Waals surface area contributed by atoms with E-state index in [4.69, 9.17) is 9.47 Å². The molecular formula is C15H24O4. The first-order valence-electron chi connectivity index (χ1n) is 7.63. The lowest BCUT2D eigenvalue weighted by atomic mass is 9.80. The van der Waals surface area contributed by atoms with E-state index in [1.807, 2.05) is 0 Å². The molecule has 3 aliphatic rings. The number of hydrogen-bond acceptors (Lipinski definition) is 3. The maximum Gasteiger partial charge on any atom is 0.312 e. The van der Waals surface area contributed by atoms with Crippen LogP contribution in [0.25, 0.3) is 0 Å². The summed E-state index contributed by atoms with van der Waals surface area (Å²) in [5.74, 6) is -0.710. The molecule has 1 aliphatic carbocycles. The second-order valence-corrected chi connectivity index (χ2v) is 6.61. The standard InChI is InChI=1S/C15H24O4/c16-13(17)14(8-9-18-11-14)10-12-4-7-15(19-12)5-2-1-3-6-15/h12H,1-11H2,(H,16,17). The Labute approximate surface area is 114 Å². The monoisotopic (exact) mass is 268 g/mol. The Morgan fingerprint density at radius 1 is 1.16 bits per heavy atom. The highest BCUT2D eigenvalue weighted by molar-refractivity contribution is 5.75. The minimum atomic E-state index is -0.710. The van der Waals surface area contributed by atoms with Gasteiger partial charge in [-0.15, -0.1) is 0 Å². The van der Waals surface area contributed by atoms with E-state index in [-0.39, 0.29) is 11.7 Å². The normalized spacial score (nSPS) is 37.8. The molecule has 2 unspecified atom stereocenters. The lowest BCUT2D eigenvalue weighted by Gasteiger charge is -2.34. The van der Waals surface area contributed by atoms with E-state index < -0.39 is 11.4 Å². The number of carboxylic acid groups (broad SMARTS) is 1. The molecule has 0 radical (unpaired) electrons. The molecule has 0 aromatic heterocycles. The van der Waals surface area contributed by atoms with Gasteiger partial charge in [0.05, 0.1) is 23.7 Å². The summed E-state index contributed by atoms with van der Waals surface area (Å²) in [6, 6.07) is 0. The van der Waals surface area contributed by atoms with Gasteiger partial charge in [0.25, 0.3) is 0 Å². The van der Waals surface area contributed by atoms with Crippen molar-refractivity contribution < 1.29 is 19.4 Å². The van der Waals surface area contributed by atoms with Crippen LogP contribution in [0.2, 0.25) is 0 Å². The van der Waals surface area contributed by atoms with Gasteiger partial charge in [0, 0.05) is 6.61 Å². The molecule has 3 fully saturated rings. The van der Waals surface area contributed by atoms with Crippen molar-refractivity contribution in [3.8, 4) is 0 Å². The highest BCUT2D eigenvalue weighted by atomic mass is 16.5. The van der Waals surface area contributed by atoms with E-state index in [1.165, 1.54) is 32.1 Å². The highest BCUT2D eigenvalue weighted by Gasteiger charge is 2.48. The molecule has 0 aromatic carbocycles. The van der Waals surface area contributed by atoms with Crippen molar-refractivity contribution in [2.24, 2.45) is 5.41 Å². The van der Waals surface area contributed by atoms with E-state index in [0.29, 0.717) is 26.1 Å². The molecule has 4 heteroatoms. The second kappa shape index (κ2) is 5.06. The number of ether oxygens (including phenoxy) is 2. The molecule has 2 saturated heterocycles. The van der Waals surface area contributed by atoms with E-state index in [2.05, 4.69) is 0 Å².